The van der Waals surface area contributed by atoms with Gasteiger partial charge in [0.2, 0.25) is 0 Å². The number of hydrogen-bond acceptors (Lipinski definition) is 8. The largest absolute Gasteiger partial charge is 0.497 e. The van der Waals surface area contributed by atoms with Gasteiger partial charge in [-0.25, -0.2) is 4.98 Å². The van der Waals surface area contributed by atoms with Crippen LogP contribution >= 0.6 is 11.8 Å². The fourth-order valence-electron chi connectivity index (χ4n) is 4.95. The number of aliphatic hydroxyl groups excluding tert-OH is 2. The Bertz CT molecular complexity index is 1090. The first-order valence-corrected chi connectivity index (χ1v) is 13.3. The van der Waals surface area contributed by atoms with Crippen LogP contribution in [0.3, 0.4) is 0 Å². The monoisotopic (exact) mass is 496 g/mol. The smallest absolute Gasteiger partial charge is 0.119 e. The number of methoxy groups -OCH3 is 1. The van der Waals surface area contributed by atoms with Crippen LogP contribution in [-0.2, 0) is 6.54 Å². The Balaban J connectivity index is 1.36. The third-order valence-corrected chi connectivity index (χ3v) is 8.17. The van der Waals surface area contributed by atoms with E-state index in [1.54, 1.807) is 25.1 Å². The highest BCUT2D eigenvalue weighted by Gasteiger charge is 2.34. The molecule has 1 fully saturated rings. The first-order valence-electron chi connectivity index (χ1n) is 12.3. The molecule has 1 aliphatic heterocycles. The van der Waals surface area contributed by atoms with Crippen molar-refractivity contribution in [3.05, 3.63) is 59.9 Å². The fraction of sp³-hybridized carbons (Fsp3) is 0.481. The number of hydrogen-bond donors (Lipinski definition) is 3. The van der Waals surface area contributed by atoms with Gasteiger partial charge in [0.15, 0.2) is 0 Å². The number of thioether (sulfide) groups is 1. The van der Waals surface area contributed by atoms with Crippen LogP contribution in [-0.4, -0.2) is 64.2 Å². The predicted octanol–water partition coefficient (Wildman–Crippen LogP) is 3.78. The van der Waals surface area contributed by atoms with Crippen LogP contribution in [0.15, 0.2) is 53.8 Å². The number of fused-ring (bicyclic) bond motifs is 1. The molecule has 0 bridgehead atoms. The van der Waals surface area contributed by atoms with E-state index in [1.807, 2.05) is 42.6 Å². The van der Waals surface area contributed by atoms with E-state index >= 15 is 0 Å². The van der Waals surface area contributed by atoms with Gasteiger partial charge in [-0.1, -0.05) is 6.07 Å². The van der Waals surface area contributed by atoms with Crippen LogP contribution in [0.5, 0.6) is 5.75 Å². The quantitative estimate of drug-likeness (QED) is 0.345. The first-order chi connectivity index (χ1) is 17.1. The fourth-order valence-corrected chi connectivity index (χ4v) is 5.82. The van der Waals surface area contributed by atoms with Crippen LogP contribution in [0.4, 0.5) is 0 Å². The van der Waals surface area contributed by atoms with Crippen molar-refractivity contribution in [2.75, 3.05) is 39.1 Å². The molecule has 35 heavy (non-hydrogen) atoms. The van der Waals surface area contributed by atoms with Gasteiger partial charge in [-0.3, -0.25) is 4.98 Å². The molecule has 8 heteroatoms. The summed E-state index contributed by atoms with van der Waals surface area (Å²) in [6.07, 6.45) is 6.10. The zero-order valence-corrected chi connectivity index (χ0v) is 21.2. The van der Waals surface area contributed by atoms with Crippen LogP contribution in [0.1, 0.15) is 42.9 Å². The highest BCUT2D eigenvalue weighted by Crippen LogP contribution is 2.39. The van der Waals surface area contributed by atoms with E-state index < -0.39 is 6.10 Å². The van der Waals surface area contributed by atoms with Crippen molar-refractivity contribution < 1.29 is 14.9 Å². The van der Waals surface area contributed by atoms with Crippen molar-refractivity contribution >= 4 is 22.7 Å². The normalized spacial score (nSPS) is 16.9. The van der Waals surface area contributed by atoms with Gasteiger partial charge < -0.3 is 25.6 Å². The molecule has 188 valence electrons. The molecule has 0 unspecified atom stereocenters. The van der Waals surface area contributed by atoms with Crippen molar-refractivity contribution in [3.63, 3.8) is 0 Å². The molecule has 7 nitrogen and oxygen atoms in total. The van der Waals surface area contributed by atoms with Gasteiger partial charge in [-0.15, -0.1) is 11.8 Å². The third kappa shape index (κ3) is 6.32. The van der Waals surface area contributed by atoms with E-state index in [0.717, 1.165) is 77.5 Å². The number of piperidine rings is 1. The molecule has 2 aromatic heterocycles. The molecular formula is C27H36N4O3S. The minimum Gasteiger partial charge on any atom is -0.497 e. The van der Waals surface area contributed by atoms with E-state index in [2.05, 4.69) is 14.9 Å². The van der Waals surface area contributed by atoms with E-state index in [9.17, 15) is 10.2 Å². The molecule has 3 aromatic rings. The van der Waals surface area contributed by atoms with Gasteiger partial charge in [-0.05, 0) is 85.6 Å². The summed E-state index contributed by atoms with van der Waals surface area (Å²) in [6, 6.07) is 11.7. The molecule has 0 radical (unpaired) electrons. The van der Waals surface area contributed by atoms with Crippen LogP contribution < -0.4 is 10.5 Å². The topological polar surface area (TPSA) is 105 Å². The number of aromatic nitrogens is 2. The maximum absolute atomic E-state index is 11.3. The summed E-state index contributed by atoms with van der Waals surface area (Å²) in [4.78, 5) is 11.3. The zero-order chi connectivity index (χ0) is 24.7. The molecule has 0 amide bonds. The van der Waals surface area contributed by atoms with Crippen molar-refractivity contribution in [1.29, 1.82) is 0 Å². The van der Waals surface area contributed by atoms with Crippen molar-refractivity contribution in [3.8, 4) is 5.75 Å². The average molecular weight is 497 g/mol. The molecule has 1 aliphatic rings. The maximum atomic E-state index is 11.3. The van der Waals surface area contributed by atoms with E-state index in [4.69, 9.17) is 10.5 Å². The Morgan fingerprint density at radius 2 is 2.03 bits per heavy atom. The average Bonchev–Trinajstić information content (AvgIpc) is 2.92. The number of nitrogens with zero attached hydrogens (tertiary/aromatic N) is 3. The summed E-state index contributed by atoms with van der Waals surface area (Å²) < 4.78 is 5.40. The molecule has 1 atom stereocenters. The number of aliphatic hydroxyl groups is 2. The van der Waals surface area contributed by atoms with E-state index in [-0.39, 0.29) is 12.0 Å². The summed E-state index contributed by atoms with van der Waals surface area (Å²) >= 11 is 1.78. The molecule has 4 N–H and O–H groups in total. The van der Waals surface area contributed by atoms with E-state index in [0.29, 0.717) is 13.0 Å². The standard InChI is InChI=1S/C27H36N4O3S/c1-34-21-5-6-23-22(16-21)26(20(17-28)18-30-23)24(33)7-8-27(19-32)9-12-31(13-10-27)14-15-35-25-4-2-3-11-29-25/h2-6,11,16,18,24,32-33H,7-10,12-15,17,19,28H2,1H3/t24-/m0/s1. The van der Waals surface area contributed by atoms with Crippen molar-refractivity contribution in [2.45, 2.75) is 43.4 Å². The Hall–Kier alpha value is -2.23. The molecule has 1 saturated heterocycles. The lowest BCUT2D eigenvalue weighted by molar-refractivity contribution is 0.0253. The first kappa shape index (κ1) is 25.9. The van der Waals surface area contributed by atoms with Crippen LogP contribution in [0, 0.1) is 5.41 Å². The summed E-state index contributed by atoms with van der Waals surface area (Å²) in [6.45, 7) is 3.38. The summed E-state index contributed by atoms with van der Waals surface area (Å²) in [5.41, 5.74) is 8.32. The third-order valence-electron chi connectivity index (χ3n) is 7.25. The Morgan fingerprint density at radius 1 is 1.20 bits per heavy atom. The number of benzene rings is 1. The molecule has 3 heterocycles. The minimum atomic E-state index is -0.678. The summed E-state index contributed by atoms with van der Waals surface area (Å²) in [5, 5.41) is 23.5. The highest BCUT2D eigenvalue weighted by molar-refractivity contribution is 7.99. The number of pyridine rings is 2. The number of nitrogens with two attached hydrogens (primary N) is 1. The molecular weight excluding hydrogens is 460 g/mol. The Morgan fingerprint density at radius 3 is 2.71 bits per heavy atom. The SMILES string of the molecule is COc1ccc2ncc(CN)c([C@@H](O)CCC3(CO)CCN(CCSc4ccccn4)CC3)c2c1. The number of likely N-dealkylation sites (tertiary alicyclic amines) is 1. The predicted molar refractivity (Wildman–Crippen MR) is 141 cm³/mol. The van der Waals surface area contributed by atoms with Gasteiger partial charge in [0, 0.05) is 43.2 Å². The molecule has 0 spiro atoms. The van der Waals surface area contributed by atoms with Crippen molar-refractivity contribution in [2.24, 2.45) is 11.1 Å². The van der Waals surface area contributed by atoms with Gasteiger partial charge in [-0.2, -0.15) is 0 Å². The maximum Gasteiger partial charge on any atom is 0.119 e. The lowest BCUT2D eigenvalue weighted by Gasteiger charge is -2.41. The lowest BCUT2D eigenvalue weighted by atomic mass is 9.74. The minimum absolute atomic E-state index is 0.144. The highest BCUT2D eigenvalue weighted by atomic mass is 32.2. The number of rotatable bonds is 11. The second-order valence-corrected chi connectivity index (χ2v) is 10.5. The van der Waals surface area contributed by atoms with Gasteiger partial charge in [0.1, 0.15) is 5.75 Å². The summed E-state index contributed by atoms with van der Waals surface area (Å²) in [5.74, 6) is 1.73. The second-order valence-electron chi connectivity index (χ2n) is 9.35. The number of ether oxygens (including phenoxy) is 1. The van der Waals surface area contributed by atoms with Crippen LogP contribution in [0.2, 0.25) is 0 Å². The Kier molecular flexibility index (Phi) is 8.97. The van der Waals surface area contributed by atoms with Gasteiger partial charge in [0.25, 0.3) is 0 Å². The van der Waals surface area contributed by atoms with Crippen molar-refractivity contribution in [1.82, 2.24) is 14.9 Å². The summed E-state index contributed by atoms with van der Waals surface area (Å²) in [7, 11) is 1.63. The zero-order valence-electron chi connectivity index (χ0n) is 20.4. The molecule has 1 aromatic carbocycles. The Labute approximate surface area is 211 Å². The second kappa shape index (κ2) is 12.1. The van der Waals surface area contributed by atoms with Gasteiger partial charge in [0.05, 0.1) is 23.8 Å². The molecule has 0 saturated carbocycles. The molecule has 4 rings (SSSR count). The van der Waals surface area contributed by atoms with Crippen LogP contribution in [0.25, 0.3) is 10.9 Å². The lowest BCUT2D eigenvalue weighted by Crippen LogP contribution is -2.43. The van der Waals surface area contributed by atoms with E-state index in [1.165, 1.54) is 0 Å². The van der Waals surface area contributed by atoms with Gasteiger partial charge >= 0.3 is 0 Å². The molecule has 0 aliphatic carbocycles.